The fourth-order valence-electron chi connectivity index (χ4n) is 1.23. The van der Waals surface area contributed by atoms with Gasteiger partial charge in [0.1, 0.15) is 12.7 Å². The van der Waals surface area contributed by atoms with E-state index in [2.05, 4.69) is 0 Å². The minimum atomic E-state index is -0.971. The lowest BCUT2D eigenvalue weighted by Gasteiger charge is -2.13. The molecule has 106 valence electrons. The summed E-state index contributed by atoms with van der Waals surface area (Å²) in [4.78, 5) is 24.6. The molecule has 0 amide bonds. The quantitative estimate of drug-likeness (QED) is 0.587. The van der Waals surface area contributed by atoms with Gasteiger partial charge in [-0.1, -0.05) is 12.2 Å². The summed E-state index contributed by atoms with van der Waals surface area (Å²) in [5.74, 6) is -0.948. The summed E-state index contributed by atoms with van der Waals surface area (Å²) in [6.07, 6.45) is 2.58. The summed E-state index contributed by atoms with van der Waals surface area (Å²) < 4.78 is 9.65. The first-order valence-electron chi connectivity index (χ1n) is 6.08. The van der Waals surface area contributed by atoms with Crippen LogP contribution in [-0.4, -0.2) is 50.2 Å². The molecule has 0 aliphatic carbocycles. The van der Waals surface area contributed by atoms with Gasteiger partial charge in [0.25, 0.3) is 0 Å². The summed E-state index contributed by atoms with van der Waals surface area (Å²) in [6, 6.07) is 0. The van der Waals surface area contributed by atoms with Crippen molar-refractivity contribution in [1.29, 1.82) is 0 Å². The third kappa shape index (κ3) is 11.5. The highest BCUT2D eigenvalue weighted by atomic mass is 16.6. The highest BCUT2D eigenvalue weighted by Gasteiger charge is 2.14. The lowest BCUT2D eigenvalue weighted by molar-refractivity contribution is -0.152. The molecule has 0 bridgehead atoms. The Labute approximate surface area is 115 Å². The Bertz CT molecular complexity index is 300. The topological polar surface area (TPSA) is 55.8 Å². The van der Waals surface area contributed by atoms with Gasteiger partial charge in [0.05, 0.1) is 6.42 Å². The van der Waals surface area contributed by atoms with E-state index in [0.717, 1.165) is 6.54 Å². The molecule has 5 heteroatoms. The molecule has 19 heavy (non-hydrogen) atoms. The van der Waals surface area contributed by atoms with Crippen molar-refractivity contribution in [2.75, 3.05) is 27.2 Å². The van der Waals surface area contributed by atoms with Crippen molar-refractivity contribution < 1.29 is 19.1 Å². The van der Waals surface area contributed by atoms with Crippen molar-refractivity contribution in [2.24, 2.45) is 0 Å². The van der Waals surface area contributed by atoms with Crippen molar-refractivity contribution in [1.82, 2.24) is 4.90 Å². The molecule has 5 nitrogen and oxygen atoms in total. The van der Waals surface area contributed by atoms with E-state index in [1.54, 1.807) is 0 Å². The van der Waals surface area contributed by atoms with E-state index in [1.807, 2.05) is 19.0 Å². The smallest absolute Gasteiger partial charge is 0.309 e. The predicted molar refractivity (Wildman–Crippen MR) is 71.0 cm³/mol. The molecule has 0 saturated heterocycles. The largest absolute Gasteiger partial charge is 0.461 e. The second-order valence-corrected chi connectivity index (χ2v) is 4.25. The van der Waals surface area contributed by atoms with Crippen molar-refractivity contribution in [3.63, 3.8) is 0 Å². The lowest BCUT2D eigenvalue weighted by atomic mass is 10.2. The van der Waals surface area contributed by atoms with E-state index < -0.39 is 18.0 Å². The predicted octanol–water partition coefficient (Wildman–Crippen LogP) is 1.15. The number of carbonyl (C=O) groups is 2. The van der Waals surface area contributed by atoms with Gasteiger partial charge in [-0.15, -0.1) is 0 Å². The van der Waals surface area contributed by atoms with Crippen LogP contribution in [0.4, 0.5) is 0 Å². The monoisotopic (exact) mass is 267 g/mol. The molecule has 0 aromatic carbocycles. The van der Waals surface area contributed by atoms with Gasteiger partial charge in [-0.3, -0.25) is 9.59 Å². The van der Waals surface area contributed by atoms with Crippen LogP contribution in [0.2, 0.25) is 0 Å². The molecular weight excluding hydrogens is 246 g/mol. The Kier molecular flexibility index (Phi) is 9.80. The minimum Gasteiger partial charge on any atom is -0.461 e. The number of ether oxygens (including phenoxy) is 2. The van der Waals surface area contributed by atoms with Crippen LogP contribution in [0.1, 0.15) is 19.3 Å². The number of rotatable bonds is 9. The molecule has 0 N–H and O–H groups in total. The highest BCUT2D eigenvalue weighted by Crippen LogP contribution is 2.03. The van der Waals surface area contributed by atoms with Crippen molar-refractivity contribution in [3.8, 4) is 0 Å². The van der Waals surface area contributed by atoms with Crippen molar-refractivity contribution >= 4 is 11.9 Å². The molecule has 0 aliphatic rings. The first-order valence-corrected chi connectivity index (χ1v) is 6.08. The maximum Gasteiger partial charge on any atom is 0.309 e. The van der Waals surface area contributed by atoms with Crippen LogP contribution in [0.15, 0.2) is 12.2 Å². The first-order chi connectivity index (χ1) is 8.95. The summed E-state index contributed by atoms with van der Waals surface area (Å²) in [5.41, 5.74) is 0. The van der Waals surface area contributed by atoms with Crippen molar-refractivity contribution in [3.05, 3.63) is 26.0 Å². The van der Waals surface area contributed by atoms with Gasteiger partial charge in [0, 0.05) is 13.3 Å². The zero-order valence-corrected chi connectivity index (χ0v) is 11.5. The zero-order valence-electron chi connectivity index (χ0n) is 11.5. The second kappa shape index (κ2) is 10.6. The molecule has 1 unspecified atom stereocenters. The van der Waals surface area contributed by atoms with Crippen LogP contribution in [-0.2, 0) is 19.1 Å². The highest BCUT2D eigenvalue weighted by molar-refractivity contribution is 5.72. The van der Waals surface area contributed by atoms with Crippen LogP contribution in [0.5, 0.6) is 0 Å². The lowest BCUT2D eigenvalue weighted by Crippen LogP contribution is -2.21. The summed E-state index contributed by atoms with van der Waals surface area (Å²) >= 11 is 0. The van der Waals surface area contributed by atoms with Crippen molar-refractivity contribution in [2.45, 2.75) is 25.4 Å². The Hall–Kier alpha value is -1.36. The Morgan fingerprint density at radius 1 is 1.32 bits per heavy atom. The molecule has 0 aromatic heterocycles. The van der Waals surface area contributed by atoms with E-state index in [4.69, 9.17) is 23.3 Å². The van der Waals surface area contributed by atoms with Crippen LogP contribution in [0.3, 0.4) is 0 Å². The minimum absolute atomic E-state index is 0.0822. The van der Waals surface area contributed by atoms with E-state index in [-0.39, 0.29) is 19.4 Å². The molecule has 0 fully saturated rings. The SMILES string of the molecule is [CH]/C=C/COC(=O)CC([CH])OC(=O)CCCN(C)C. The fourth-order valence-corrected chi connectivity index (χ4v) is 1.23. The maximum atomic E-state index is 11.4. The average Bonchev–Trinajstić information content (AvgIpc) is 2.28. The van der Waals surface area contributed by atoms with E-state index in [1.165, 1.54) is 12.2 Å². The first kappa shape index (κ1) is 17.6. The Morgan fingerprint density at radius 3 is 2.58 bits per heavy atom. The number of carbonyl (C=O) groups excluding carboxylic acids is 2. The van der Waals surface area contributed by atoms with Gasteiger partial charge in [-0.2, -0.15) is 0 Å². The van der Waals surface area contributed by atoms with Gasteiger partial charge in [0.2, 0.25) is 0 Å². The van der Waals surface area contributed by atoms with E-state index >= 15 is 0 Å². The summed E-state index contributed by atoms with van der Waals surface area (Å²) in [5, 5.41) is 0. The standard InChI is InChI=1S/C14H21NO4/c1-5-6-10-18-14(17)11-12(2)19-13(16)8-7-9-15(3)4/h1-2,5-6,12H,7-11H2,3-4H3/b6-5+. The van der Waals surface area contributed by atoms with E-state index in [9.17, 15) is 9.59 Å². The number of hydrogen-bond donors (Lipinski definition) is 0. The van der Waals surface area contributed by atoms with Crippen LogP contribution >= 0.6 is 0 Å². The molecular formula is C14H21NO4. The second-order valence-electron chi connectivity index (χ2n) is 4.25. The third-order valence-electron chi connectivity index (χ3n) is 2.11. The molecule has 0 heterocycles. The average molecular weight is 267 g/mol. The fraction of sp³-hybridized carbons (Fsp3) is 0.571. The maximum absolute atomic E-state index is 11.4. The normalized spacial score (nSPS) is 12.7. The zero-order chi connectivity index (χ0) is 14.7. The molecule has 0 rings (SSSR count). The van der Waals surface area contributed by atoms with Gasteiger partial charge in [0.15, 0.2) is 0 Å². The third-order valence-corrected chi connectivity index (χ3v) is 2.11. The molecule has 0 saturated carbocycles. The molecule has 0 spiro atoms. The molecule has 0 aromatic rings. The van der Waals surface area contributed by atoms with Gasteiger partial charge < -0.3 is 14.4 Å². The van der Waals surface area contributed by atoms with E-state index in [0.29, 0.717) is 6.42 Å². The number of esters is 2. The Morgan fingerprint density at radius 2 is 2.00 bits per heavy atom. The van der Waals surface area contributed by atoms with Crippen LogP contribution in [0.25, 0.3) is 0 Å². The van der Waals surface area contributed by atoms with Crippen LogP contribution in [0, 0.1) is 13.8 Å². The molecule has 1 atom stereocenters. The Balaban J connectivity index is 3.74. The number of nitrogens with zero attached hydrogens (tertiary/aromatic N) is 1. The molecule has 0 aliphatic heterocycles. The van der Waals surface area contributed by atoms with Gasteiger partial charge >= 0.3 is 11.9 Å². The number of allylic oxidation sites excluding steroid dienone is 1. The summed E-state index contributed by atoms with van der Waals surface area (Å²) in [6.45, 7) is 11.5. The summed E-state index contributed by atoms with van der Waals surface area (Å²) in [7, 11) is 3.84. The number of hydrogen-bond acceptors (Lipinski definition) is 5. The van der Waals surface area contributed by atoms with Crippen LogP contribution < -0.4 is 0 Å². The van der Waals surface area contributed by atoms with Gasteiger partial charge in [-0.05, 0) is 34.0 Å². The van der Waals surface area contributed by atoms with Gasteiger partial charge in [-0.25, -0.2) is 0 Å². The molecule has 4 radical (unpaired) electrons.